The Morgan fingerprint density at radius 3 is 2.48 bits per heavy atom. The van der Waals surface area contributed by atoms with Crippen molar-refractivity contribution in [2.75, 3.05) is 0 Å². The third-order valence-corrected chi connectivity index (χ3v) is 8.82. The SMILES string of the molecule is C[C@@]1(O)CC[C@@]2(C)[C@@H](CC[C@@H]3[C@@H]2CC[C@]2(C)/C(=N\O)CC[C@@H]32)C1. The molecule has 2 N–H and O–H groups in total. The second-order valence-corrected chi connectivity index (χ2v) is 9.90. The first-order valence-corrected chi connectivity index (χ1v) is 9.74. The average Bonchev–Trinajstić information content (AvgIpc) is 2.84. The van der Waals surface area contributed by atoms with Gasteiger partial charge in [-0.15, -0.1) is 0 Å². The van der Waals surface area contributed by atoms with Crippen LogP contribution in [0.1, 0.15) is 78.6 Å². The van der Waals surface area contributed by atoms with Crippen molar-refractivity contribution in [2.45, 2.75) is 84.2 Å². The average molecular weight is 319 g/mol. The predicted octanol–water partition coefficient (Wildman–Crippen LogP) is 4.61. The molecule has 130 valence electrons. The standard InChI is InChI=1S/C20H33NO2/c1-18(22)10-11-19(2)13(12-18)4-5-14-15-6-7-17(21-23)20(15,3)9-8-16(14)19/h13-16,22-23H,4-12H2,1-3H3/b21-17-/t13-,14-,15-,16-,18+,19-,20-/m0/s1. The minimum Gasteiger partial charge on any atom is -0.411 e. The van der Waals surface area contributed by atoms with Crippen LogP contribution in [0.5, 0.6) is 0 Å². The van der Waals surface area contributed by atoms with E-state index in [1.807, 2.05) is 6.92 Å². The van der Waals surface area contributed by atoms with Crippen LogP contribution in [-0.2, 0) is 0 Å². The van der Waals surface area contributed by atoms with E-state index in [1.165, 1.54) is 38.5 Å². The van der Waals surface area contributed by atoms with Gasteiger partial charge in [0.15, 0.2) is 0 Å². The predicted molar refractivity (Wildman–Crippen MR) is 91.6 cm³/mol. The fraction of sp³-hybridized carbons (Fsp3) is 0.950. The number of nitrogens with zero attached hydrogens (tertiary/aromatic N) is 1. The summed E-state index contributed by atoms with van der Waals surface area (Å²) < 4.78 is 0. The molecule has 3 heteroatoms. The van der Waals surface area contributed by atoms with Crippen molar-refractivity contribution >= 4 is 5.71 Å². The third kappa shape index (κ3) is 2.14. The summed E-state index contributed by atoms with van der Waals surface area (Å²) in [5.74, 6) is 3.03. The minimum atomic E-state index is -0.440. The number of hydrogen-bond donors (Lipinski definition) is 2. The molecule has 4 fully saturated rings. The van der Waals surface area contributed by atoms with Gasteiger partial charge in [-0.1, -0.05) is 19.0 Å². The quantitative estimate of drug-likeness (QED) is 0.506. The topological polar surface area (TPSA) is 52.8 Å². The summed E-state index contributed by atoms with van der Waals surface area (Å²) in [6, 6.07) is 0. The van der Waals surface area contributed by atoms with E-state index < -0.39 is 5.60 Å². The van der Waals surface area contributed by atoms with Gasteiger partial charge in [-0.25, -0.2) is 0 Å². The maximum Gasteiger partial charge on any atom is 0.0632 e. The van der Waals surface area contributed by atoms with E-state index >= 15 is 0 Å². The van der Waals surface area contributed by atoms with E-state index in [0.29, 0.717) is 17.3 Å². The van der Waals surface area contributed by atoms with Crippen LogP contribution in [-0.4, -0.2) is 21.6 Å². The first kappa shape index (κ1) is 15.9. The molecular weight excluding hydrogens is 286 g/mol. The first-order valence-electron chi connectivity index (χ1n) is 9.74. The van der Waals surface area contributed by atoms with Gasteiger partial charge in [-0.2, -0.15) is 0 Å². The molecule has 0 aromatic carbocycles. The maximum absolute atomic E-state index is 10.5. The highest BCUT2D eigenvalue weighted by atomic mass is 16.4. The van der Waals surface area contributed by atoms with Gasteiger partial charge in [0.05, 0.1) is 11.3 Å². The lowest BCUT2D eigenvalue weighted by molar-refractivity contribution is -0.137. The lowest BCUT2D eigenvalue weighted by Crippen LogP contribution is -2.55. The van der Waals surface area contributed by atoms with Gasteiger partial charge in [0, 0.05) is 5.41 Å². The number of fused-ring (bicyclic) bond motifs is 5. The molecule has 0 unspecified atom stereocenters. The lowest BCUT2D eigenvalue weighted by Gasteiger charge is -2.61. The highest BCUT2D eigenvalue weighted by molar-refractivity contribution is 5.91. The molecule has 0 aromatic rings. The largest absolute Gasteiger partial charge is 0.411 e. The van der Waals surface area contributed by atoms with Crippen LogP contribution >= 0.6 is 0 Å². The molecule has 0 bridgehead atoms. The molecule has 0 heterocycles. The fourth-order valence-corrected chi connectivity index (χ4v) is 7.38. The van der Waals surface area contributed by atoms with Crippen molar-refractivity contribution in [2.24, 2.45) is 39.7 Å². The Bertz CT molecular complexity index is 528. The van der Waals surface area contributed by atoms with Crippen LogP contribution in [0, 0.1) is 34.5 Å². The Morgan fingerprint density at radius 2 is 1.74 bits per heavy atom. The molecule has 4 saturated carbocycles. The molecule has 3 nitrogen and oxygen atoms in total. The van der Waals surface area contributed by atoms with Gasteiger partial charge in [0.1, 0.15) is 0 Å². The summed E-state index contributed by atoms with van der Waals surface area (Å²) in [5, 5.41) is 23.6. The molecule has 23 heavy (non-hydrogen) atoms. The third-order valence-electron chi connectivity index (χ3n) is 8.82. The van der Waals surface area contributed by atoms with Crippen molar-refractivity contribution in [3.8, 4) is 0 Å². The summed E-state index contributed by atoms with van der Waals surface area (Å²) in [4.78, 5) is 0. The van der Waals surface area contributed by atoms with E-state index in [1.54, 1.807) is 0 Å². The van der Waals surface area contributed by atoms with Crippen LogP contribution < -0.4 is 0 Å². The molecule has 7 atom stereocenters. The smallest absolute Gasteiger partial charge is 0.0632 e. The monoisotopic (exact) mass is 319 g/mol. The molecule has 4 aliphatic rings. The van der Waals surface area contributed by atoms with Crippen LogP contribution in [0.3, 0.4) is 0 Å². The normalized spacial score (nSPS) is 57.7. The number of oxime groups is 1. The van der Waals surface area contributed by atoms with Crippen LogP contribution in [0.25, 0.3) is 0 Å². The van der Waals surface area contributed by atoms with Gasteiger partial charge in [0.25, 0.3) is 0 Å². The second-order valence-electron chi connectivity index (χ2n) is 9.90. The van der Waals surface area contributed by atoms with Crippen LogP contribution in [0.4, 0.5) is 0 Å². The summed E-state index contributed by atoms with van der Waals surface area (Å²) in [5.41, 5.74) is 1.20. The Labute approximate surface area is 140 Å². The molecule has 4 aliphatic carbocycles. The van der Waals surface area contributed by atoms with Gasteiger partial charge >= 0.3 is 0 Å². The molecular formula is C20H33NO2. The Hall–Kier alpha value is -0.570. The minimum absolute atomic E-state index is 0.152. The lowest BCUT2D eigenvalue weighted by atomic mass is 9.44. The van der Waals surface area contributed by atoms with Crippen LogP contribution in [0.15, 0.2) is 5.16 Å². The van der Waals surface area contributed by atoms with Crippen molar-refractivity contribution in [1.82, 2.24) is 0 Å². The van der Waals surface area contributed by atoms with Gasteiger partial charge in [-0.3, -0.25) is 0 Å². The summed E-state index contributed by atoms with van der Waals surface area (Å²) in [6.07, 6.45) is 10.4. The van der Waals surface area contributed by atoms with Gasteiger partial charge < -0.3 is 10.3 Å². The Morgan fingerprint density at radius 1 is 0.957 bits per heavy atom. The first-order chi connectivity index (χ1) is 10.8. The molecule has 0 saturated heterocycles. The van der Waals surface area contributed by atoms with E-state index in [4.69, 9.17) is 0 Å². The number of hydrogen-bond acceptors (Lipinski definition) is 3. The van der Waals surface area contributed by atoms with E-state index in [0.717, 1.165) is 36.8 Å². The molecule has 0 spiro atoms. The zero-order chi connectivity index (χ0) is 16.5. The van der Waals surface area contributed by atoms with E-state index in [9.17, 15) is 10.3 Å². The molecule has 0 aromatic heterocycles. The van der Waals surface area contributed by atoms with Gasteiger partial charge in [-0.05, 0) is 93.8 Å². The zero-order valence-corrected chi connectivity index (χ0v) is 15.0. The van der Waals surface area contributed by atoms with Crippen LogP contribution in [0.2, 0.25) is 0 Å². The Kier molecular flexibility index (Phi) is 3.44. The maximum atomic E-state index is 10.5. The summed E-state index contributed by atoms with van der Waals surface area (Å²) in [6.45, 7) is 6.93. The highest BCUT2D eigenvalue weighted by Crippen LogP contribution is 2.66. The van der Waals surface area contributed by atoms with Crippen molar-refractivity contribution in [3.05, 3.63) is 0 Å². The summed E-state index contributed by atoms with van der Waals surface area (Å²) >= 11 is 0. The van der Waals surface area contributed by atoms with E-state index in [2.05, 4.69) is 19.0 Å². The van der Waals surface area contributed by atoms with Crippen molar-refractivity contribution in [3.63, 3.8) is 0 Å². The zero-order valence-electron chi connectivity index (χ0n) is 15.0. The Balaban J connectivity index is 1.63. The van der Waals surface area contributed by atoms with E-state index in [-0.39, 0.29) is 5.41 Å². The second kappa shape index (κ2) is 4.97. The molecule has 0 aliphatic heterocycles. The van der Waals surface area contributed by atoms with Gasteiger partial charge in [0.2, 0.25) is 0 Å². The summed E-state index contributed by atoms with van der Waals surface area (Å²) in [7, 11) is 0. The number of aliphatic hydroxyl groups is 1. The highest BCUT2D eigenvalue weighted by Gasteiger charge is 2.60. The van der Waals surface area contributed by atoms with Crippen molar-refractivity contribution < 1.29 is 10.3 Å². The molecule has 0 radical (unpaired) electrons. The molecule has 4 rings (SSSR count). The number of rotatable bonds is 0. The fourth-order valence-electron chi connectivity index (χ4n) is 7.38. The van der Waals surface area contributed by atoms with Crippen molar-refractivity contribution in [1.29, 1.82) is 0 Å². The molecule has 0 amide bonds.